The minimum atomic E-state index is -3.21. The van der Waals surface area contributed by atoms with Crippen LogP contribution >= 0.6 is 0 Å². The standard InChI is InChI=1S/C8H11N3O3S/c1-15(13,14)7-4-2-6(3-5-7)10-8(12)11-9/h2-5H,9H2,1H3,(H2,10,11,12). The number of anilines is 1. The molecule has 0 fully saturated rings. The third-order valence-electron chi connectivity index (χ3n) is 1.67. The summed E-state index contributed by atoms with van der Waals surface area (Å²) >= 11 is 0. The number of nitrogens with one attached hydrogen (secondary N) is 2. The fourth-order valence-electron chi connectivity index (χ4n) is 0.953. The van der Waals surface area contributed by atoms with Crippen molar-refractivity contribution in [2.45, 2.75) is 4.90 Å². The summed E-state index contributed by atoms with van der Waals surface area (Å²) in [4.78, 5) is 11.0. The Morgan fingerprint density at radius 2 is 1.80 bits per heavy atom. The van der Waals surface area contributed by atoms with Crippen molar-refractivity contribution in [2.24, 2.45) is 5.84 Å². The van der Waals surface area contributed by atoms with Gasteiger partial charge in [0.05, 0.1) is 4.90 Å². The molecule has 0 spiro atoms. The summed E-state index contributed by atoms with van der Waals surface area (Å²) in [7, 11) is -3.21. The second kappa shape index (κ2) is 4.28. The first-order valence-electron chi connectivity index (χ1n) is 4.01. The maximum atomic E-state index is 11.1. The van der Waals surface area contributed by atoms with E-state index >= 15 is 0 Å². The Bertz CT molecular complexity index is 453. The summed E-state index contributed by atoms with van der Waals surface area (Å²) < 4.78 is 22.2. The molecule has 7 heteroatoms. The van der Waals surface area contributed by atoms with E-state index in [2.05, 4.69) is 5.32 Å². The molecule has 1 rings (SSSR count). The number of benzene rings is 1. The lowest BCUT2D eigenvalue weighted by atomic mass is 10.3. The lowest BCUT2D eigenvalue weighted by Gasteiger charge is -2.04. The van der Waals surface area contributed by atoms with Crippen LogP contribution in [0.5, 0.6) is 0 Å². The molecule has 0 aliphatic rings. The van der Waals surface area contributed by atoms with Crippen molar-refractivity contribution in [1.29, 1.82) is 0 Å². The van der Waals surface area contributed by atoms with E-state index in [-0.39, 0.29) is 4.90 Å². The highest BCUT2D eigenvalue weighted by Crippen LogP contribution is 2.13. The highest BCUT2D eigenvalue weighted by molar-refractivity contribution is 7.90. The summed E-state index contributed by atoms with van der Waals surface area (Å²) in [6, 6.07) is 5.20. The first-order chi connectivity index (χ1) is 6.93. The molecule has 0 heterocycles. The van der Waals surface area contributed by atoms with Gasteiger partial charge in [-0.3, -0.25) is 5.43 Å². The molecule has 0 atom stereocenters. The largest absolute Gasteiger partial charge is 0.333 e. The fraction of sp³-hybridized carbons (Fsp3) is 0.125. The molecule has 82 valence electrons. The molecule has 2 amide bonds. The highest BCUT2D eigenvalue weighted by Gasteiger charge is 2.06. The Hall–Kier alpha value is -1.60. The number of carbonyl (C=O) groups is 1. The maximum Gasteiger partial charge on any atom is 0.333 e. The van der Waals surface area contributed by atoms with Gasteiger partial charge in [-0.25, -0.2) is 19.1 Å². The van der Waals surface area contributed by atoms with Gasteiger partial charge in [0.2, 0.25) is 0 Å². The van der Waals surface area contributed by atoms with E-state index in [0.29, 0.717) is 5.69 Å². The highest BCUT2D eigenvalue weighted by atomic mass is 32.2. The quantitative estimate of drug-likeness (QED) is 0.380. The Morgan fingerprint density at radius 1 is 1.27 bits per heavy atom. The third-order valence-corrected chi connectivity index (χ3v) is 2.80. The molecule has 0 saturated carbocycles. The van der Waals surface area contributed by atoms with Gasteiger partial charge in [-0.2, -0.15) is 0 Å². The van der Waals surface area contributed by atoms with Crippen molar-refractivity contribution in [3.63, 3.8) is 0 Å². The number of carbonyl (C=O) groups excluding carboxylic acids is 1. The van der Waals surface area contributed by atoms with E-state index in [1.54, 1.807) is 0 Å². The van der Waals surface area contributed by atoms with E-state index in [9.17, 15) is 13.2 Å². The summed E-state index contributed by atoms with van der Waals surface area (Å²) in [5.74, 6) is 4.86. The monoisotopic (exact) mass is 229 g/mol. The Kier molecular flexibility index (Phi) is 3.28. The Balaban J connectivity index is 2.86. The topological polar surface area (TPSA) is 101 Å². The zero-order valence-corrected chi connectivity index (χ0v) is 8.84. The van der Waals surface area contributed by atoms with Crippen LogP contribution in [0.1, 0.15) is 0 Å². The van der Waals surface area contributed by atoms with Crippen LogP contribution in [0.25, 0.3) is 0 Å². The number of rotatable bonds is 2. The van der Waals surface area contributed by atoms with Gasteiger partial charge in [-0.15, -0.1) is 0 Å². The van der Waals surface area contributed by atoms with Crippen molar-refractivity contribution in [1.82, 2.24) is 5.43 Å². The lowest BCUT2D eigenvalue weighted by Crippen LogP contribution is -2.34. The van der Waals surface area contributed by atoms with Crippen LogP contribution in [0, 0.1) is 0 Å². The molecular formula is C8H11N3O3S. The van der Waals surface area contributed by atoms with Gasteiger partial charge in [-0.1, -0.05) is 0 Å². The number of urea groups is 1. The van der Waals surface area contributed by atoms with Crippen LogP contribution in [0.15, 0.2) is 29.2 Å². The molecule has 1 aromatic carbocycles. The molecule has 6 nitrogen and oxygen atoms in total. The summed E-state index contributed by atoms with van der Waals surface area (Å²) in [6.07, 6.45) is 1.11. The molecule has 0 aliphatic carbocycles. The van der Waals surface area contributed by atoms with Crippen LogP contribution in [0.3, 0.4) is 0 Å². The van der Waals surface area contributed by atoms with Crippen LogP contribution < -0.4 is 16.6 Å². The summed E-state index contributed by atoms with van der Waals surface area (Å²) in [6.45, 7) is 0. The molecule has 0 unspecified atom stereocenters. The second-order valence-corrected chi connectivity index (χ2v) is 4.91. The lowest BCUT2D eigenvalue weighted by molar-refractivity contribution is 0.252. The van der Waals surface area contributed by atoms with Crippen LogP contribution in [0.4, 0.5) is 10.5 Å². The average molecular weight is 229 g/mol. The summed E-state index contributed by atoms with van der Waals surface area (Å²) in [5, 5.41) is 2.40. The molecule has 15 heavy (non-hydrogen) atoms. The second-order valence-electron chi connectivity index (χ2n) is 2.90. The third kappa shape index (κ3) is 3.22. The predicted molar refractivity (Wildman–Crippen MR) is 55.9 cm³/mol. The van der Waals surface area contributed by atoms with E-state index in [0.717, 1.165) is 6.26 Å². The fourth-order valence-corrected chi connectivity index (χ4v) is 1.58. The minimum absolute atomic E-state index is 0.196. The molecule has 4 N–H and O–H groups in total. The summed E-state index contributed by atoms with van der Waals surface area (Å²) in [5.41, 5.74) is 2.35. The number of sulfone groups is 1. The molecule has 0 saturated heterocycles. The number of amides is 2. The SMILES string of the molecule is CS(=O)(=O)c1ccc(NC(=O)NN)cc1. The van der Waals surface area contributed by atoms with Gasteiger partial charge >= 0.3 is 6.03 Å². The minimum Gasteiger partial charge on any atom is -0.307 e. The van der Waals surface area contributed by atoms with E-state index in [1.807, 2.05) is 5.43 Å². The van der Waals surface area contributed by atoms with Crippen LogP contribution in [-0.4, -0.2) is 20.7 Å². The van der Waals surface area contributed by atoms with E-state index in [4.69, 9.17) is 5.84 Å². The van der Waals surface area contributed by atoms with Gasteiger partial charge in [0.25, 0.3) is 0 Å². The van der Waals surface area contributed by atoms with Crippen LogP contribution in [-0.2, 0) is 9.84 Å². The van der Waals surface area contributed by atoms with Crippen molar-refractivity contribution < 1.29 is 13.2 Å². The number of nitrogens with two attached hydrogens (primary N) is 1. The Morgan fingerprint density at radius 3 is 2.20 bits per heavy atom. The molecule has 0 aliphatic heterocycles. The van der Waals surface area contributed by atoms with Gasteiger partial charge in [0.1, 0.15) is 0 Å². The van der Waals surface area contributed by atoms with E-state index < -0.39 is 15.9 Å². The number of hydrazine groups is 1. The number of hydrogen-bond acceptors (Lipinski definition) is 4. The Labute approximate surface area is 87.4 Å². The molecule has 0 bridgehead atoms. The predicted octanol–water partition coefficient (Wildman–Crippen LogP) is 0.0853. The molecule has 1 aromatic rings. The number of hydrogen-bond donors (Lipinski definition) is 3. The molecular weight excluding hydrogens is 218 g/mol. The zero-order chi connectivity index (χ0) is 11.5. The zero-order valence-electron chi connectivity index (χ0n) is 8.02. The van der Waals surface area contributed by atoms with Crippen molar-refractivity contribution >= 4 is 21.6 Å². The molecule has 0 aromatic heterocycles. The first-order valence-corrected chi connectivity index (χ1v) is 5.90. The van der Waals surface area contributed by atoms with Gasteiger partial charge in [0, 0.05) is 11.9 Å². The van der Waals surface area contributed by atoms with Crippen molar-refractivity contribution in [3.05, 3.63) is 24.3 Å². The van der Waals surface area contributed by atoms with Gasteiger partial charge in [-0.05, 0) is 24.3 Å². The van der Waals surface area contributed by atoms with Gasteiger partial charge in [0.15, 0.2) is 9.84 Å². The molecule has 0 radical (unpaired) electrons. The van der Waals surface area contributed by atoms with Gasteiger partial charge < -0.3 is 5.32 Å². The average Bonchev–Trinajstić information content (AvgIpc) is 2.17. The normalized spacial score (nSPS) is 10.8. The first kappa shape index (κ1) is 11.5. The van der Waals surface area contributed by atoms with E-state index in [1.165, 1.54) is 24.3 Å². The van der Waals surface area contributed by atoms with Crippen molar-refractivity contribution in [2.75, 3.05) is 11.6 Å². The van der Waals surface area contributed by atoms with Crippen molar-refractivity contribution in [3.8, 4) is 0 Å². The smallest absolute Gasteiger partial charge is 0.307 e. The maximum absolute atomic E-state index is 11.1. The van der Waals surface area contributed by atoms with Crippen LogP contribution in [0.2, 0.25) is 0 Å².